The molecule has 0 heterocycles. The number of methoxy groups -OCH3 is 2. The molecule has 0 atom stereocenters. The van der Waals surface area contributed by atoms with Gasteiger partial charge in [-0.1, -0.05) is 0 Å². The van der Waals surface area contributed by atoms with E-state index in [-0.39, 0.29) is 5.56 Å². The third-order valence-corrected chi connectivity index (χ3v) is 1.91. The topological polar surface area (TPSA) is 94.2 Å². The Balaban J connectivity index is 3.22. The molecule has 86 valence electrons. The molecule has 1 rings (SSSR count). The number of ether oxygens (including phenoxy) is 2. The Morgan fingerprint density at radius 3 is 2.44 bits per heavy atom. The third kappa shape index (κ3) is 2.19. The highest BCUT2D eigenvalue weighted by Gasteiger charge is 2.18. The Labute approximate surface area is 91.0 Å². The molecule has 0 saturated heterocycles. The molecule has 0 bridgehead atoms. The molecule has 0 amide bonds. The average Bonchev–Trinajstić information content (AvgIpc) is 2.29. The highest BCUT2D eigenvalue weighted by molar-refractivity contribution is 5.92. The van der Waals surface area contributed by atoms with Crippen LogP contribution in [0.3, 0.4) is 0 Å². The van der Waals surface area contributed by atoms with Crippen LogP contribution in [-0.4, -0.2) is 30.2 Å². The smallest absolute Gasteiger partial charge is 0.416 e. The van der Waals surface area contributed by atoms with E-state index < -0.39 is 10.8 Å². The molecule has 0 aliphatic carbocycles. The Bertz CT molecular complexity index is 430. The maximum Gasteiger partial charge on any atom is 0.416 e. The van der Waals surface area contributed by atoms with Crippen molar-refractivity contribution in [2.75, 3.05) is 14.2 Å². The van der Waals surface area contributed by atoms with Crippen LogP contribution in [-0.2, 0) is 0 Å². The van der Waals surface area contributed by atoms with Crippen molar-refractivity contribution in [1.82, 2.24) is 0 Å². The second-order valence-electron chi connectivity index (χ2n) is 2.75. The van der Waals surface area contributed by atoms with Crippen LogP contribution in [0.1, 0.15) is 5.56 Å². The molecule has 0 aliphatic rings. The van der Waals surface area contributed by atoms with E-state index in [9.17, 15) is 10.1 Å². The van der Waals surface area contributed by atoms with Crippen LogP contribution in [0.5, 0.6) is 11.5 Å². The lowest BCUT2D eigenvalue weighted by molar-refractivity contribution is -0.351. The van der Waals surface area contributed by atoms with E-state index in [4.69, 9.17) is 14.7 Å². The van der Waals surface area contributed by atoms with Crippen LogP contribution >= 0.6 is 0 Å². The largest absolute Gasteiger partial charge is 0.493 e. The fourth-order valence-electron chi connectivity index (χ4n) is 1.17. The lowest BCUT2D eigenvalue weighted by Gasteiger charge is -2.07. The summed E-state index contributed by atoms with van der Waals surface area (Å²) in [5.41, 5.74) is 0.130. The van der Waals surface area contributed by atoms with Gasteiger partial charge in [0.2, 0.25) is 0 Å². The molecule has 0 aromatic heterocycles. The first-order chi connectivity index (χ1) is 7.63. The van der Waals surface area contributed by atoms with Gasteiger partial charge in [-0.25, -0.2) is 0 Å². The summed E-state index contributed by atoms with van der Waals surface area (Å²) in [6, 6.07) is 4.25. The zero-order valence-electron chi connectivity index (χ0n) is 8.71. The van der Waals surface area contributed by atoms with Gasteiger partial charge in [0.05, 0.1) is 19.8 Å². The summed E-state index contributed by atoms with van der Waals surface area (Å²) in [6.07, 6.45) is 0. The van der Waals surface area contributed by atoms with Gasteiger partial charge in [0.1, 0.15) is 0 Å². The molecule has 16 heavy (non-hydrogen) atoms. The Morgan fingerprint density at radius 2 is 2.00 bits per heavy atom. The molecule has 0 saturated carbocycles. The fourth-order valence-corrected chi connectivity index (χ4v) is 1.17. The summed E-state index contributed by atoms with van der Waals surface area (Å²) in [4.78, 5) is 9.74. The number of amidine groups is 1. The number of hydrogen-bond donors (Lipinski definition) is 1. The number of oxime groups is 1. The molecule has 0 fully saturated rings. The number of nitro groups is 1. The van der Waals surface area contributed by atoms with E-state index in [0.717, 1.165) is 0 Å². The summed E-state index contributed by atoms with van der Waals surface area (Å²) in [5.74, 6) is 0.107. The SMILES string of the molecule is COc1ccc(C(=NO)[N+](=O)[O-])cc1OC. The summed E-state index contributed by atoms with van der Waals surface area (Å²) < 4.78 is 9.93. The molecule has 1 aromatic rings. The second-order valence-corrected chi connectivity index (χ2v) is 2.75. The third-order valence-electron chi connectivity index (χ3n) is 1.91. The van der Waals surface area contributed by atoms with Crippen LogP contribution < -0.4 is 9.47 Å². The zero-order valence-corrected chi connectivity index (χ0v) is 8.71. The van der Waals surface area contributed by atoms with E-state index in [2.05, 4.69) is 5.16 Å². The van der Waals surface area contributed by atoms with Crippen LogP contribution in [0.2, 0.25) is 0 Å². The molecule has 7 nitrogen and oxygen atoms in total. The van der Waals surface area contributed by atoms with Gasteiger partial charge >= 0.3 is 5.84 Å². The monoisotopic (exact) mass is 226 g/mol. The van der Waals surface area contributed by atoms with Gasteiger partial charge in [0.15, 0.2) is 16.7 Å². The summed E-state index contributed by atoms with van der Waals surface area (Å²) in [7, 11) is 2.86. The number of hydrogen-bond acceptors (Lipinski definition) is 6. The molecule has 7 heteroatoms. The quantitative estimate of drug-likeness (QED) is 0.274. The maximum absolute atomic E-state index is 10.5. The van der Waals surface area contributed by atoms with Gasteiger partial charge in [-0.2, -0.15) is 0 Å². The van der Waals surface area contributed by atoms with Crippen molar-refractivity contribution in [2.24, 2.45) is 5.16 Å². The molecule has 0 radical (unpaired) electrons. The Kier molecular flexibility index (Phi) is 3.65. The van der Waals surface area contributed by atoms with Crippen molar-refractivity contribution in [3.05, 3.63) is 33.9 Å². The van der Waals surface area contributed by atoms with Gasteiger partial charge in [0, 0.05) is 0 Å². The Hall–Kier alpha value is -2.31. The molecule has 0 unspecified atom stereocenters. The lowest BCUT2D eigenvalue weighted by Crippen LogP contribution is -2.13. The summed E-state index contributed by atoms with van der Waals surface area (Å²) >= 11 is 0. The molecule has 1 N–H and O–H groups in total. The van der Waals surface area contributed by atoms with Gasteiger partial charge in [-0.3, -0.25) is 0 Å². The van der Waals surface area contributed by atoms with Gasteiger partial charge < -0.3 is 24.8 Å². The lowest BCUT2D eigenvalue weighted by atomic mass is 10.2. The van der Waals surface area contributed by atoms with Crippen LogP contribution in [0, 0.1) is 10.1 Å². The van der Waals surface area contributed by atoms with E-state index >= 15 is 0 Å². The maximum atomic E-state index is 10.5. The molecule has 0 spiro atoms. The predicted molar refractivity (Wildman–Crippen MR) is 54.9 cm³/mol. The van der Waals surface area contributed by atoms with E-state index in [1.807, 2.05) is 0 Å². The standard InChI is InChI=1S/C9H10N2O5/c1-15-7-4-3-6(5-8(7)16-2)9(10-12)11(13)14/h3-5,12H,1-2H3. The fraction of sp³-hybridized carbons (Fsp3) is 0.222. The first-order valence-electron chi connectivity index (χ1n) is 4.23. The molecular weight excluding hydrogens is 216 g/mol. The van der Waals surface area contributed by atoms with Crippen molar-refractivity contribution in [2.45, 2.75) is 0 Å². The normalized spacial score (nSPS) is 11.0. The average molecular weight is 226 g/mol. The molecular formula is C9H10N2O5. The number of nitrogens with zero attached hydrogens (tertiary/aromatic N) is 2. The van der Waals surface area contributed by atoms with E-state index in [0.29, 0.717) is 11.5 Å². The van der Waals surface area contributed by atoms with Gasteiger partial charge in [0.25, 0.3) is 0 Å². The highest BCUT2D eigenvalue weighted by Crippen LogP contribution is 2.27. The Morgan fingerprint density at radius 1 is 1.38 bits per heavy atom. The van der Waals surface area contributed by atoms with Crippen molar-refractivity contribution >= 4 is 5.84 Å². The minimum absolute atomic E-state index is 0.130. The van der Waals surface area contributed by atoms with Crippen LogP contribution in [0.25, 0.3) is 0 Å². The molecule has 0 aliphatic heterocycles. The minimum atomic E-state index is -0.790. The first-order valence-corrected chi connectivity index (χ1v) is 4.23. The van der Waals surface area contributed by atoms with Crippen LogP contribution in [0.15, 0.2) is 23.4 Å². The van der Waals surface area contributed by atoms with Crippen molar-refractivity contribution in [3.63, 3.8) is 0 Å². The second kappa shape index (κ2) is 4.96. The van der Waals surface area contributed by atoms with Crippen molar-refractivity contribution in [3.8, 4) is 11.5 Å². The van der Waals surface area contributed by atoms with Gasteiger partial charge in [-0.05, 0) is 23.1 Å². The zero-order chi connectivity index (χ0) is 12.1. The number of benzene rings is 1. The summed E-state index contributed by atoms with van der Waals surface area (Å²) in [6.45, 7) is 0. The van der Waals surface area contributed by atoms with Crippen molar-refractivity contribution < 1.29 is 19.6 Å². The van der Waals surface area contributed by atoms with E-state index in [1.54, 1.807) is 0 Å². The predicted octanol–water partition coefficient (Wildman–Crippen LogP) is 1.12. The van der Waals surface area contributed by atoms with Gasteiger partial charge in [-0.15, -0.1) is 0 Å². The molecule has 1 aromatic carbocycles. The minimum Gasteiger partial charge on any atom is -0.493 e. The first kappa shape index (κ1) is 11.8. The summed E-state index contributed by atoms with van der Waals surface area (Å²) in [5, 5.41) is 21.7. The van der Waals surface area contributed by atoms with E-state index in [1.165, 1.54) is 32.4 Å². The van der Waals surface area contributed by atoms with Crippen LogP contribution in [0.4, 0.5) is 0 Å². The highest BCUT2D eigenvalue weighted by atomic mass is 16.6. The number of rotatable bonds is 3. The van der Waals surface area contributed by atoms with Crippen molar-refractivity contribution in [1.29, 1.82) is 0 Å².